The molecule has 2 N–H and O–H groups in total. The van der Waals surface area contributed by atoms with Crippen LogP contribution in [0.5, 0.6) is 0 Å². The lowest BCUT2D eigenvalue weighted by atomic mass is 10.3. The standard InChI is InChI=1S/C19H21N3O5S2/c1-14-2-5-16(27-14)6-9-18(23)21-19(28)20-15-3-7-17(8-4-15)29(24,25)22-10-12-26-13-11-22/h2-9H,10-13H2,1H3,(H2,20,21,23,28)/b9-6+. The number of ether oxygens (including phenoxy) is 1. The Hall–Kier alpha value is -2.53. The van der Waals surface area contributed by atoms with E-state index in [4.69, 9.17) is 21.4 Å². The molecule has 0 bridgehead atoms. The molecule has 2 aromatic rings. The summed E-state index contributed by atoms with van der Waals surface area (Å²) in [4.78, 5) is 12.1. The van der Waals surface area contributed by atoms with Crippen molar-refractivity contribution in [2.24, 2.45) is 0 Å². The van der Waals surface area contributed by atoms with Crippen molar-refractivity contribution in [3.05, 3.63) is 54.0 Å². The smallest absolute Gasteiger partial charge is 0.250 e. The predicted octanol–water partition coefficient (Wildman–Crippen LogP) is 2.14. The van der Waals surface area contributed by atoms with Gasteiger partial charge >= 0.3 is 0 Å². The van der Waals surface area contributed by atoms with Gasteiger partial charge < -0.3 is 14.5 Å². The van der Waals surface area contributed by atoms with Crippen LogP contribution in [0.25, 0.3) is 6.08 Å². The van der Waals surface area contributed by atoms with E-state index < -0.39 is 15.9 Å². The van der Waals surface area contributed by atoms with E-state index >= 15 is 0 Å². The van der Waals surface area contributed by atoms with Gasteiger partial charge in [-0.05, 0) is 61.6 Å². The topological polar surface area (TPSA) is 101 Å². The Morgan fingerprint density at radius 2 is 1.83 bits per heavy atom. The predicted molar refractivity (Wildman–Crippen MR) is 113 cm³/mol. The van der Waals surface area contributed by atoms with Gasteiger partial charge in [0.25, 0.3) is 0 Å². The molecule has 2 heterocycles. The molecular formula is C19H21N3O5S2. The van der Waals surface area contributed by atoms with Crippen LogP contribution in [0.1, 0.15) is 11.5 Å². The van der Waals surface area contributed by atoms with Crippen LogP contribution in [-0.2, 0) is 19.6 Å². The lowest BCUT2D eigenvalue weighted by Crippen LogP contribution is -2.40. The summed E-state index contributed by atoms with van der Waals surface area (Å²) < 4.78 is 37.2. The van der Waals surface area contributed by atoms with E-state index in [9.17, 15) is 13.2 Å². The summed E-state index contributed by atoms with van der Waals surface area (Å²) in [6, 6.07) is 9.73. The van der Waals surface area contributed by atoms with Crippen LogP contribution in [0.4, 0.5) is 5.69 Å². The quantitative estimate of drug-likeness (QED) is 0.548. The summed E-state index contributed by atoms with van der Waals surface area (Å²) in [5.74, 6) is 0.901. The van der Waals surface area contributed by atoms with E-state index in [2.05, 4.69) is 10.6 Å². The zero-order valence-corrected chi connectivity index (χ0v) is 17.4. The molecule has 1 aromatic heterocycles. The van der Waals surface area contributed by atoms with Gasteiger partial charge in [0.2, 0.25) is 15.9 Å². The molecule has 0 aliphatic carbocycles. The van der Waals surface area contributed by atoms with Crippen molar-refractivity contribution in [1.29, 1.82) is 0 Å². The van der Waals surface area contributed by atoms with Gasteiger partial charge in [-0.25, -0.2) is 8.42 Å². The normalized spacial score (nSPS) is 15.3. The highest BCUT2D eigenvalue weighted by Gasteiger charge is 2.26. The third kappa shape index (κ3) is 5.73. The van der Waals surface area contributed by atoms with Gasteiger partial charge in [0.15, 0.2) is 5.11 Å². The fourth-order valence-corrected chi connectivity index (χ4v) is 4.29. The van der Waals surface area contributed by atoms with Crippen LogP contribution in [0.15, 0.2) is 51.8 Å². The molecule has 0 saturated carbocycles. The second kappa shape index (κ2) is 9.31. The Kier molecular flexibility index (Phi) is 6.80. The number of benzene rings is 1. The molecule has 3 rings (SSSR count). The summed E-state index contributed by atoms with van der Waals surface area (Å²) in [7, 11) is -3.55. The van der Waals surface area contributed by atoms with Crippen molar-refractivity contribution in [2.75, 3.05) is 31.6 Å². The maximum atomic E-state index is 12.6. The van der Waals surface area contributed by atoms with Crippen LogP contribution in [0, 0.1) is 6.92 Å². The second-order valence-corrected chi connectivity index (χ2v) is 8.61. The summed E-state index contributed by atoms with van der Waals surface area (Å²) >= 11 is 5.12. The Labute approximate surface area is 174 Å². The fourth-order valence-electron chi connectivity index (χ4n) is 2.66. The number of carbonyl (C=O) groups excluding carboxylic acids is 1. The molecule has 10 heteroatoms. The highest BCUT2D eigenvalue weighted by molar-refractivity contribution is 7.89. The van der Waals surface area contributed by atoms with E-state index in [1.165, 1.54) is 28.6 Å². The third-order valence-electron chi connectivity index (χ3n) is 4.12. The van der Waals surface area contributed by atoms with Gasteiger partial charge in [-0.1, -0.05) is 0 Å². The van der Waals surface area contributed by atoms with E-state index in [0.29, 0.717) is 37.8 Å². The van der Waals surface area contributed by atoms with Crippen molar-refractivity contribution in [3.8, 4) is 0 Å². The monoisotopic (exact) mass is 435 g/mol. The van der Waals surface area contributed by atoms with Crippen LogP contribution in [0.3, 0.4) is 0 Å². The number of sulfonamides is 1. The van der Waals surface area contributed by atoms with Crippen LogP contribution in [-0.4, -0.2) is 50.0 Å². The highest BCUT2D eigenvalue weighted by Crippen LogP contribution is 2.19. The maximum Gasteiger partial charge on any atom is 0.250 e. The minimum Gasteiger partial charge on any atom is -0.462 e. The molecule has 154 valence electrons. The molecule has 1 saturated heterocycles. The molecule has 1 amide bonds. The third-order valence-corrected chi connectivity index (χ3v) is 6.23. The SMILES string of the molecule is Cc1ccc(/C=C/C(=O)NC(=S)Nc2ccc(S(=O)(=O)N3CCOCC3)cc2)o1. The minimum atomic E-state index is -3.55. The maximum absolute atomic E-state index is 12.6. The van der Waals surface area contributed by atoms with Crippen LogP contribution in [0.2, 0.25) is 0 Å². The number of carbonyl (C=O) groups is 1. The molecule has 8 nitrogen and oxygen atoms in total. The van der Waals surface area contributed by atoms with E-state index in [1.807, 2.05) is 6.92 Å². The largest absolute Gasteiger partial charge is 0.462 e. The number of morpholine rings is 1. The number of rotatable bonds is 5. The summed E-state index contributed by atoms with van der Waals surface area (Å²) in [6.07, 6.45) is 2.85. The first kappa shape index (κ1) is 21.2. The fraction of sp³-hybridized carbons (Fsp3) is 0.263. The van der Waals surface area contributed by atoms with E-state index in [1.54, 1.807) is 24.3 Å². The van der Waals surface area contributed by atoms with Crippen molar-refractivity contribution >= 4 is 45.0 Å². The number of aryl methyl sites for hydroxylation is 1. The Bertz CT molecular complexity index is 1010. The minimum absolute atomic E-state index is 0.0964. The van der Waals surface area contributed by atoms with E-state index in [-0.39, 0.29) is 10.0 Å². The molecule has 0 atom stereocenters. The summed E-state index contributed by atoms with van der Waals surface area (Å²) in [5, 5.41) is 5.46. The van der Waals surface area contributed by atoms with Gasteiger partial charge in [-0.2, -0.15) is 4.31 Å². The molecule has 0 radical (unpaired) electrons. The Morgan fingerprint density at radius 1 is 1.14 bits per heavy atom. The van der Waals surface area contributed by atoms with Gasteiger partial charge in [-0.3, -0.25) is 10.1 Å². The Balaban J connectivity index is 1.55. The molecule has 29 heavy (non-hydrogen) atoms. The first-order chi connectivity index (χ1) is 13.8. The first-order valence-corrected chi connectivity index (χ1v) is 10.7. The molecule has 1 aliphatic heterocycles. The molecule has 1 fully saturated rings. The Morgan fingerprint density at radius 3 is 2.45 bits per heavy atom. The van der Waals surface area contributed by atoms with Gasteiger partial charge in [0, 0.05) is 24.9 Å². The van der Waals surface area contributed by atoms with Crippen molar-refractivity contribution in [3.63, 3.8) is 0 Å². The molecule has 0 unspecified atom stereocenters. The lowest BCUT2D eigenvalue weighted by Gasteiger charge is -2.26. The van der Waals surface area contributed by atoms with Crippen molar-refractivity contribution < 1.29 is 22.4 Å². The van der Waals surface area contributed by atoms with Gasteiger partial charge in [0.05, 0.1) is 18.1 Å². The number of furan rings is 1. The van der Waals surface area contributed by atoms with Gasteiger partial charge in [-0.15, -0.1) is 0 Å². The van der Waals surface area contributed by atoms with E-state index in [0.717, 1.165) is 5.76 Å². The molecule has 1 aliphatic rings. The first-order valence-electron chi connectivity index (χ1n) is 8.89. The summed E-state index contributed by atoms with van der Waals surface area (Å²) in [6.45, 7) is 3.27. The zero-order valence-electron chi connectivity index (χ0n) is 15.8. The second-order valence-electron chi connectivity index (χ2n) is 6.27. The number of amides is 1. The molecule has 0 spiro atoms. The zero-order chi connectivity index (χ0) is 20.9. The van der Waals surface area contributed by atoms with Crippen molar-refractivity contribution in [1.82, 2.24) is 9.62 Å². The summed E-state index contributed by atoms with van der Waals surface area (Å²) in [5.41, 5.74) is 0.557. The lowest BCUT2D eigenvalue weighted by molar-refractivity contribution is -0.115. The van der Waals surface area contributed by atoms with Gasteiger partial charge in [0.1, 0.15) is 11.5 Å². The van der Waals surface area contributed by atoms with Crippen molar-refractivity contribution in [2.45, 2.75) is 11.8 Å². The number of hydrogen-bond acceptors (Lipinski definition) is 6. The average molecular weight is 436 g/mol. The molecule has 1 aromatic carbocycles. The number of nitrogens with one attached hydrogen (secondary N) is 2. The van der Waals surface area contributed by atoms with Crippen LogP contribution >= 0.6 is 12.2 Å². The molecular weight excluding hydrogens is 414 g/mol. The highest BCUT2D eigenvalue weighted by atomic mass is 32.2. The number of anilines is 1. The number of nitrogens with zero attached hydrogens (tertiary/aromatic N) is 1. The number of thiocarbonyl (C=S) groups is 1. The number of hydrogen-bond donors (Lipinski definition) is 2. The average Bonchev–Trinajstić information content (AvgIpc) is 3.12. The van der Waals surface area contributed by atoms with Crippen LogP contribution < -0.4 is 10.6 Å².